The number of nitrogens with zero attached hydrogens (tertiary/aromatic N) is 1. The summed E-state index contributed by atoms with van der Waals surface area (Å²) >= 11 is 0. The van der Waals surface area contributed by atoms with E-state index in [4.69, 9.17) is 0 Å². The van der Waals surface area contributed by atoms with Crippen LogP contribution in [-0.2, 0) is 0 Å². The predicted octanol–water partition coefficient (Wildman–Crippen LogP) is 2.01. The minimum atomic E-state index is -2.90. The van der Waals surface area contributed by atoms with E-state index >= 15 is 0 Å². The van der Waals surface area contributed by atoms with Gasteiger partial charge in [0.15, 0.2) is 0 Å². The highest BCUT2D eigenvalue weighted by Crippen LogP contribution is 2.16. The molecule has 6 heteroatoms. The van der Waals surface area contributed by atoms with Gasteiger partial charge < -0.3 is 4.74 Å². The van der Waals surface area contributed by atoms with Gasteiger partial charge in [-0.15, -0.1) is 0 Å². The van der Waals surface area contributed by atoms with Crippen LogP contribution in [0.5, 0.6) is 5.75 Å². The summed E-state index contributed by atoms with van der Waals surface area (Å²) in [5.41, 5.74) is 0.975. The Morgan fingerprint density at radius 3 is 2.58 bits per heavy atom. The fourth-order valence-corrected chi connectivity index (χ4v) is 2.35. The molecule has 1 heterocycles. The van der Waals surface area contributed by atoms with E-state index in [1.54, 1.807) is 30.3 Å². The molecule has 4 nitrogen and oxygen atoms in total. The quantitative estimate of drug-likeness (QED) is 0.796. The number of hydrogen-bond donors (Lipinski definition) is 1. The highest BCUT2D eigenvalue weighted by Gasteiger charge is 2.06. The summed E-state index contributed by atoms with van der Waals surface area (Å²) in [6, 6.07) is 15.2. The van der Waals surface area contributed by atoms with Gasteiger partial charge in [-0.3, -0.25) is 9.89 Å². The molecule has 0 bridgehead atoms. The zero-order valence-corrected chi connectivity index (χ0v) is 12.6. The number of halogens is 2. The van der Waals surface area contributed by atoms with Crippen molar-refractivity contribution in [3.8, 4) is 11.4 Å². The maximum atomic E-state index is 12.6. The van der Waals surface area contributed by atoms with Gasteiger partial charge in [0, 0.05) is 0 Å². The van der Waals surface area contributed by atoms with Crippen molar-refractivity contribution in [2.45, 2.75) is 6.61 Å². The van der Waals surface area contributed by atoms with Gasteiger partial charge in [-0.2, -0.15) is 8.78 Å². The molecule has 0 aliphatic carbocycles. The number of aromatic amines is 1. The molecule has 0 fully saturated rings. The lowest BCUT2D eigenvalue weighted by molar-refractivity contribution is -0.0498. The molecule has 0 saturated carbocycles. The molecule has 0 spiro atoms. The van der Waals surface area contributed by atoms with Gasteiger partial charge in [0.25, 0.3) is 5.56 Å². The fraction of sp³-hybridized carbons (Fsp3) is 0.0556. The van der Waals surface area contributed by atoms with Crippen LogP contribution in [0.25, 0.3) is 18.3 Å². The second-order valence-corrected chi connectivity index (χ2v) is 5.08. The van der Waals surface area contributed by atoms with Crippen LogP contribution in [-0.4, -0.2) is 16.4 Å². The zero-order valence-electron chi connectivity index (χ0n) is 12.6. The molecule has 0 amide bonds. The van der Waals surface area contributed by atoms with Crippen LogP contribution in [0.3, 0.4) is 0 Å². The van der Waals surface area contributed by atoms with Gasteiger partial charge in [-0.1, -0.05) is 36.9 Å². The van der Waals surface area contributed by atoms with Crippen molar-refractivity contribution in [1.29, 1.82) is 0 Å². The smallest absolute Gasteiger partial charge is 0.387 e. The second-order valence-electron chi connectivity index (χ2n) is 5.08. The zero-order chi connectivity index (χ0) is 17.1. The third kappa shape index (κ3) is 3.27. The molecule has 0 unspecified atom stereocenters. The van der Waals surface area contributed by atoms with E-state index in [1.165, 1.54) is 16.8 Å². The molecule has 3 aromatic rings. The van der Waals surface area contributed by atoms with Crippen LogP contribution in [0.1, 0.15) is 5.56 Å². The first-order valence-electron chi connectivity index (χ1n) is 7.16. The summed E-state index contributed by atoms with van der Waals surface area (Å²) in [5, 5.41) is 3.70. The van der Waals surface area contributed by atoms with Crippen molar-refractivity contribution >= 4 is 12.7 Å². The molecular formula is C18H14F2N2O2. The van der Waals surface area contributed by atoms with Crippen LogP contribution in [0.15, 0.2) is 59.4 Å². The van der Waals surface area contributed by atoms with Crippen LogP contribution < -0.4 is 20.9 Å². The van der Waals surface area contributed by atoms with E-state index in [0.717, 1.165) is 0 Å². The van der Waals surface area contributed by atoms with Gasteiger partial charge in [0.2, 0.25) is 0 Å². The normalized spacial score (nSPS) is 11.9. The Morgan fingerprint density at radius 2 is 1.88 bits per heavy atom. The number of para-hydroxylation sites is 1. The molecule has 0 atom stereocenters. The van der Waals surface area contributed by atoms with E-state index < -0.39 is 6.61 Å². The summed E-state index contributed by atoms with van der Waals surface area (Å²) < 4.78 is 30.3. The number of nitrogens with one attached hydrogen (secondary N) is 1. The van der Waals surface area contributed by atoms with E-state index in [1.807, 2.05) is 18.2 Å². The summed E-state index contributed by atoms with van der Waals surface area (Å²) in [4.78, 5) is 12.6. The van der Waals surface area contributed by atoms with Crippen LogP contribution >= 0.6 is 0 Å². The SMILES string of the molecule is C=c1[nH]n(-c2ccccc2)c(=O)/c1=C\c1cccc(OC(F)F)c1. The maximum absolute atomic E-state index is 12.6. The van der Waals surface area contributed by atoms with E-state index in [0.29, 0.717) is 21.8 Å². The molecule has 1 aromatic heterocycles. The molecule has 0 saturated heterocycles. The molecule has 2 aromatic carbocycles. The predicted molar refractivity (Wildman–Crippen MR) is 87.8 cm³/mol. The molecular weight excluding hydrogens is 314 g/mol. The highest BCUT2D eigenvalue weighted by molar-refractivity contribution is 5.52. The number of aromatic nitrogens is 2. The Kier molecular flexibility index (Phi) is 4.29. The number of alkyl halides is 2. The number of benzene rings is 2. The molecule has 0 aliphatic heterocycles. The van der Waals surface area contributed by atoms with E-state index in [9.17, 15) is 13.6 Å². The van der Waals surface area contributed by atoms with Crippen molar-refractivity contribution in [2.24, 2.45) is 0 Å². The van der Waals surface area contributed by atoms with Crippen molar-refractivity contribution in [3.05, 3.63) is 81.1 Å². The van der Waals surface area contributed by atoms with Gasteiger partial charge in [-0.25, -0.2) is 4.68 Å². The minimum absolute atomic E-state index is 0.0308. The number of H-pyrrole nitrogens is 1. The summed E-state index contributed by atoms with van der Waals surface area (Å²) in [5.74, 6) is 0.0308. The molecule has 0 radical (unpaired) electrons. The first kappa shape index (κ1) is 15.7. The number of rotatable bonds is 4. The lowest BCUT2D eigenvalue weighted by Crippen LogP contribution is -2.33. The summed E-state index contributed by atoms with van der Waals surface area (Å²) in [7, 11) is 0. The third-order valence-electron chi connectivity index (χ3n) is 3.41. The van der Waals surface area contributed by atoms with Crippen molar-refractivity contribution in [2.75, 3.05) is 0 Å². The Labute approximate surface area is 135 Å². The third-order valence-corrected chi connectivity index (χ3v) is 3.41. The Bertz CT molecular complexity index is 1010. The maximum Gasteiger partial charge on any atom is 0.387 e. The minimum Gasteiger partial charge on any atom is -0.435 e. The van der Waals surface area contributed by atoms with Gasteiger partial charge in [0.1, 0.15) is 5.75 Å². The monoisotopic (exact) mass is 328 g/mol. The van der Waals surface area contributed by atoms with Crippen LogP contribution in [0.2, 0.25) is 0 Å². The number of hydrogen-bond acceptors (Lipinski definition) is 2. The lowest BCUT2D eigenvalue weighted by Gasteiger charge is -2.04. The average molecular weight is 328 g/mol. The Hall–Kier alpha value is -3.15. The molecule has 1 N–H and O–H groups in total. The first-order chi connectivity index (χ1) is 11.5. The van der Waals surface area contributed by atoms with Crippen molar-refractivity contribution < 1.29 is 13.5 Å². The summed E-state index contributed by atoms with van der Waals surface area (Å²) in [6.07, 6.45) is 1.58. The van der Waals surface area contributed by atoms with Crippen LogP contribution in [0.4, 0.5) is 8.78 Å². The summed E-state index contributed by atoms with van der Waals surface area (Å²) in [6.45, 7) is 0.939. The van der Waals surface area contributed by atoms with Gasteiger partial charge in [-0.05, 0) is 35.9 Å². The Balaban J connectivity index is 2.08. The van der Waals surface area contributed by atoms with Crippen molar-refractivity contribution in [3.63, 3.8) is 0 Å². The van der Waals surface area contributed by atoms with Gasteiger partial charge >= 0.3 is 6.61 Å². The molecule has 3 rings (SSSR count). The highest BCUT2D eigenvalue weighted by atomic mass is 19.3. The molecule has 122 valence electrons. The average Bonchev–Trinajstić information content (AvgIpc) is 2.84. The standard InChI is InChI=1S/C18H14F2N2O2/c1-12-16(11-13-6-5-9-15(10-13)24-18(19)20)17(23)22(21-12)14-7-3-2-4-8-14/h2-11,18,21H,1H2/b16-11-. The fourth-order valence-electron chi connectivity index (χ4n) is 2.35. The number of ether oxygens (including phenoxy) is 1. The molecule has 0 aliphatic rings. The van der Waals surface area contributed by atoms with E-state index in [-0.39, 0.29) is 11.3 Å². The Morgan fingerprint density at radius 1 is 1.12 bits per heavy atom. The topological polar surface area (TPSA) is 47.0 Å². The van der Waals surface area contributed by atoms with Gasteiger partial charge in [0.05, 0.1) is 16.3 Å². The second kappa shape index (κ2) is 6.54. The molecule has 24 heavy (non-hydrogen) atoms. The lowest BCUT2D eigenvalue weighted by atomic mass is 10.2. The van der Waals surface area contributed by atoms with Crippen LogP contribution in [0, 0.1) is 0 Å². The van der Waals surface area contributed by atoms with Crippen molar-refractivity contribution in [1.82, 2.24) is 9.78 Å². The largest absolute Gasteiger partial charge is 0.435 e. The first-order valence-corrected chi connectivity index (χ1v) is 7.16. The van der Waals surface area contributed by atoms with E-state index in [2.05, 4.69) is 16.4 Å².